The summed E-state index contributed by atoms with van der Waals surface area (Å²) in [6.45, 7) is 0.141. The summed E-state index contributed by atoms with van der Waals surface area (Å²) in [7, 11) is 7.22. The fourth-order valence-electron chi connectivity index (χ4n) is 3.80. The molecular weight excluding hydrogens is 522 g/mol. The van der Waals surface area contributed by atoms with E-state index in [-0.39, 0.29) is 23.4 Å². The molecule has 0 unspecified atom stereocenters. The summed E-state index contributed by atoms with van der Waals surface area (Å²) in [6, 6.07) is 12.9. The summed E-state index contributed by atoms with van der Waals surface area (Å²) in [6.07, 6.45) is -0.379. The van der Waals surface area contributed by atoms with Crippen LogP contribution >= 0.6 is 0 Å². The molecule has 212 valence electrons. The van der Waals surface area contributed by atoms with Crippen LogP contribution in [0.4, 0.5) is 16.2 Å². The molecule has 0 heterocycles. The Bertz CT molecular complexity index is 1350. The first-order chi connectivity index (χ1) is 19.2. The molecule has 0 aliphatic carbocycles. The topological polar surface area (TPSA) is 157 Å². The fraction of sp³-hybridized carbons (Fsp3) is 0.250. The number of methoxy groups -OCH3 is 5. The van der Waals surface area contributed by atoms with Crippen molar-refractivity contribution in [2.24, 2.45) is 5.73 Å². The summed E-state index contributed by atoms with van der Waals surface area (Å²) >= 11 is 0. The van der Waals surface area contributed by atoms with E-state index < -0.39 is 17.9 Å². The lowest BCUT2D eigenvalue weighted by atomic mass is 10.1. The molecule has 3 aromatic carbocycles. The Balaban J connectivity index is 1.90. The van der Waals surface area contributed by atoms with Crippen LogP contribution in [0.1, 0.15) is 26.3 Å². The first-order valence-corrected chi connectivity index (χ1v) is 11.9. The van der Waals surface area contributed by atoms with Crippen LogP contribution in [0.3, 0.4) is 0 Å². The van der Waals surface area contributed by atoms with Gasteiger partial charge in [0, 0.05) is 23.7 Å². The molecule has 4 N–H and O–H groups in total. The maximum absolute atomic E-state index is 13.4. The van der Waals surface area contributed by atoms with E-state index in [1.165, 1.54) is 59.8 Å². The molecule has 0 aliphatic rings. The molecule has 40 heavy (non-hydrogen) atoms. The van der Waals surface area contributed by atoms with Gasteiger partial charge < -0.3 is 44.8 Å². The van der Waals surface area contributed by atoms with Crippen LogP contribution in [0, 0.1) is 0 Å². The molecule has 0 aromatic heterocycles. The molecule has 0 bridgehead atoms. The molecular formula is C28H31N3O9. The number of anilines is 2. The Hall–Kier alpha value is -5.13. The smallest absolute Gasteiger partial charge is 0.404 e. The number of carbonyl (C=O) groups is 3. The van der Waals surface area contributed by atoms with Gasteiger partial charge in [-0.25, -0.2) is 4.79 Å². The number of ether oxygens (including phenoxy) is 6. The van der Waals surface area contributed by atoms with E-state index in [1.54, 1.807) is 24.3 Å². The molecule has 0 fully saturated rings. The van der Waals surface area contributed by atoms with E-state index >= 15 is 0 Å². The van der Waals surface area contributed by atoms with Crippen molar-refractivity contribution in [1.29, 1.82) is 0 Å². The SMILES string of the molecule is COc1cc(NC(=O)c2cc(OC)c(OC)c(OC)c2)c(C(=O)Nc2ccc(CCOC(N)=O)cc2)cc1OC. The number of benzene rings is 3. The number of carbonyl (C=O) groups excluding carboxylic acids is 3. The monoisotopic (exact) mass is 553 g/mol. The lowest BCUT2D eigenvalue weighted by molar-refractivity contribution is 0.102. The number of hydrogen-bond donors (Lipinski definition) is 3. The minimum absolute atomic E-state index is 0.123. The van der Waals surface area contributed by atoms with Gasteiger partial charge >= 0.3 is 6.09 Å². The number of rotatable bonds is 12. The van der Waals surface area contributed by atoms with Crippen LogP contribution in [-0.4, -0.2) is 60.1 Å². The molecule has 0 saturated heterocycles. The lowest BCUT2D eigenvalue weighted by Gasteiger charge is -2.17. The normalized spacial score (nSPS) is 10.2. The number of nitrogens with two attached hydrogens (primary N) is 1. The highest BCUT2D eigenvalue weighted by molar-refractivity contribution is 6.13. The fourth-order valence-corrected chi connectivity index (χ4v) is 3.80. The molecule has 0 radical (unpaired) electrons. The molecule has 0 atom stereocenters. The van der Waals surface area contributed by atoms with Gasteiger partial charge in [0.15, 0.2) is 23.0 Å². The molecule has 3 rings (SSSR count). The predicted molar refractivity (Wildman–Crippen MR) is 147 cm³/mol. The Morgan fingerprint density at radius 1 is 0.700 bits per heavy atom. The first kappa shape index (κ1) is 29.4. The van der Waals surface area contributed by atoms with Gasteiger partial charge in [0.05, 0.1) is 53.4 Å². The molecule has 3 amide bonds. The van der Waals surface area contributed by atoms with Gasteiger partial charge in [0.1, 0.15) is 0 Å². The van der Waals surface area contributed by atoms with Crippen LogP contribution in [0.25, 0.3) is 0 Å². The van der Waals surface area contributed by atoms with Gasteiger partial charge in [-0.1, -0.05) is 12.1 Å². The largest absolute Gasteiger partial charge is 0.493 e. The number of amides is 3. The zero-order valence-corrected chi connectivity index (χ0v) is 22.8. The van der Waals surface area contributed by atoms with Gasteiger partial charge in [-0.15, -0.1) is 0 Å². The highest BCUT2D eigenvalue weighted by Crippen LogP contribution is 2.39. The zero-order valence-electron chi connectivity index (χ0n) is 22.8. The minimum atomic E-state index is -0.841. The average Bonchev–Trinajstić information content (AvgIpc) is 2.96. The molecule has 12 heteroatoms. The number of nitrogens with one attached hydrogen (secondary N) is 2. The van der Waals surface area contributed by atoms with Crippen LogP contribution in [0.5, 0.6) is 28.7 Å². The first-order valence-electron chi connectivity index (χ1n) is 11.9. The van der Waals surface area contributed by atoms with E-state index in [9.17, 15) is 14.4 Å². The molecule has 3 aromatic rings. The number of hydrogen-bond acceptors (Lipinski definition) is 9. The Morgan fingerprint density at radius 2 is 1.27 bits per heavy atom. The van der Waals surface area contributed by atoms with Crippen LogP contribution in [-0.2, 0) is 11.2 Å². The van der Waals surface area contributed by atoms with E-state index in [1.807, 2.05) is 0 Å². The lowest BCUT2D eigenvalue weighted by Crippen LogP contribution is -2.19. The average molecular weight is 554 g/mol. The van der Waals surface area contributed by atoms with E-state index in [4.69, 9.17) is 34.2 Å². The summed E-state index contributed by atoms with van der Waals surface area (Å²) < 4.78 is 31.5. The molecule has 0 saturated carbocycles. The van der Waals surface area contributed by atoms with E-state index in [0.29, 0.717) is 40.9 Å². The predicted octanol–water partition coefficient (Wildman–Crippen LogP) is 3.87. The van der Waals surface area contributed by atoms with Gasteiger partial charge in [-0.05, 0) is 35.9 Å². The second kappa shape index (κ2) is 13.6. The van der Waals surface area contributed by atoms with Crippen molar-refractivity contribution < 1.29 is 42.8 Å². The Morgan fingerprint density at radius 3 is 1.80 bits per heavy atom. The third kappa shape index (κ3) is 7.04. The standard InChI is InChI=1S/C28H31N3O9/c1-35-21-14-19(27(33)30-18-8-6-16(7-9-18)10-11-40-28(29)34)20(15-22(21)36-2)31-26(32)17-12-23(37-3)25(39-5)24(13-17)38-4/h6-9,12-15H,10-11H2,1-5H3,(H2,29,34)(H,30,33)(H,31,32). The second-order valence-electron chi connectivity index (χ2n) is 8.19. The van der Waals surface area contributed by atoms with Crippen molar-refractivity contribution in [3.8, 4) is 28.7 Å². The van der Waals surface area contributed by atoms with Gasteiger partial charge in [0.2, 0.25) is 5.75 Å². The van der Waals surface area contributed by atoms with Crippen LogP contribution < -0.4 is 40.1 Å². The highest BCUT2D eigenvalue weighted by Gasteiger charge is 2.22. The van der Waals surface area contributed by atoms with Gasteiger partial charge in [0.25, 0.3) is 11.8 Å². The molecule has 0 aliphatic heterocycles. The van der Waals surface area contributed by atoms with Crippen LogP contribution in [0.15, 0.2) is 48.5 Å². The number of primary amides is 1. The molecule has 0 spiro atoms. The van der Waals surface area contributed by atoms with Crippen molar-refractivity contribution in [3.63, 3.8) is 0 Å². The minimum Gasteiger partial charge on any atom is -0.493 e. The third-order valence-corrected chi connectivity index (χ3v) is 5.79. The maximum atomic E-state index is 13.4. The third-order valence-electron chi connectivity index (χ3n) is 5.79. The Labute approximate surface area is 231 Å². The van der Waals surface area contributed by atoms with Crippen LogP contribution in [0.2, 0.25) is 0 Å². The van der Waals surface area contributed by atoms with Crippen molar-refractivity contribution in [3.05, 3.63) is 65.2 Å². The summed E-state index contributed by atoms with van der Waals surface area (Å²) in [5.74, 6) is 0.474. The summed E-state index contributed by atoms with van der Waals surface area (Å²) in [4.78, 5) is 37.4. The van der Waals surface area contributed by atoms with E-state index in [2.05, 4.69) is 10.6 Å². The van der Waals surface area contributed by atoms with Crippen molar-refractivity contribution in [2.75, 3.05) is 52.8 Å². The van der Waals surface area contributed by atoms with Crippen molar-refractivity contribution in [1.82, 2.24) is 0 Å². The zero-order chi connectivity index (χ0) is 29.2. The maximum Gasteiger partial charge on any atom is 0.404 e. The van der Waals surface area contributed by atoms with Crippen molar-refractivity contribution >= 4 is 29.3 Å². The summed E-state index contributed by atoms with van der Waals surface area (Å²) in [5, 5.41) is 5.57. The second-order valence-corrected chi connectivity index (χ2v) is 8.19. The van der Waals surface area contributed by atoms with E-state index in [0.717, 1.165) is 5.56 Å². The van der Waals surface area contributed by atoms with Gasteiger partial charge in [-0.3, -0.25) is 9.59 Å². The van der Waals surface area contributed by atoms with Crippen molar-refractivity contribution in [2.45, 2.75) is 6.42 Å². The quantitative estimate of drug-likeness (QED) is 0.303. The Kier molecular flexibility index (Phi) is 10.0. The molecule has 12 nitrogen and oxygen atoms in total. The summed E-state index contributed by atoms with van der Waals surface area (Å²) in [5.41, 5.74) is 6.85. The van der Waals surface area contributed by atoms with Gasteiger partial charge in [-0.2, -0.15) is 0 Å². The highest BCUT2D eigenvalue weighted by atomic mass is 16.5.